The third kappa shape index (κ3) is 5.68. The standard InChI is InChI=1S/C62H41N3S/c1-3-13-45(14-4-1)63-56-20-10-7-17-48(56)51-35-41(25-31-58(51)63)43-27-33-60-53(37-43)54-38-44(42-26-32-59-52(36-42)49-18-8-11-21-57(49)64(59)46-15-5-2-6-16-46)28-34-61(54)65(60)47-29-23-40(24-30-47)55-39-66-62-22-12-9-19-50(55)62/h1-39,48,56H. The van der Waals surface area contributed by atoms with Crippen molar-refractivity contribution in [3.63, 3.8) is 0 Å². The Morgan fingerprint density at radius 1 is 0.364 bits per heavy atom. The molecule has 14 rings (SSSR count). The van der Waals surface area contributed by atoms with Crippen LogP contribution in [0.1, 0.15) is 11.5 Å². The molecule has 310 valence electrons. The van der Waals surface area contributed by atoms with E-state index in [0.717, 1.165) is 5.69 Å². The van der Waals surface area contributed by atoms with E-state index < -0.39 is 0 Å². The molecule has 2 aliphatic rings. The van der Waals surface area contributed by atoms with Gasteiger partial charge in [-0.2, -0.15) is 0 Å². The van der Waals surface area contributed by atoms with Crippen molar-refractivity contribution >= 4 is 76.4 Å². The van der Waals surface area contributed by atoms with Gasteiger partial charge in [0.05, 0.1) is 28.1 Å². The van der Waals surface area contributed by atoms with E-state index in [2.05, 4.69) is 250 Å². The summed E-state index contributed by atoms with van der Waals surface area (Å²) >= 11 is 1.81. The Hall–Kier alpha value is -8.18. The predicted octanol–water partition coefficient (Wildman–Crippen LogP) is 16.8. The van der Waals surface area contributed by atoms with Crippen LogP contribution in [0.4, 0.5) is 11.4 Å². The lowest BCUT2D eigenvalue weighted by Crippen LogP contribution is -2.28. The quantitative estimate of drug-likeness (QED) is 0.162. The number of allylic oxidation sites excluding steroid dienone is 2. The van der Waals surface area contributed by atoms with E-state index >= 15 is 0 Å². The largest absolute Gasteiger partial charge is 0.333 e. The van der Waals surface area contributed by atoms with E-state index in [1.54, 1.807) is 0 Å². The highest BCUT2D eigenvalue weighted by molar-refractivity contribution is 7.17. The second-order valence-electron chi connectivity index (χ2n) is 17.7. The number of para-hydroxylation sites is 3. The number of nitrogens with zero attached hydrogens (tertiary/aromatic N) is 3. The first-order valence-electron chi connectivity index (χ1n) is 22.8. The second-order valence-corrected chi connectivity index (χ2v) is 18.6. The molecule has 0 amide bonds. The van der Waals surface area contributed by atoms with E-state index in [1.165, 1.54) is 110 Å². The van der Waals surface area contributed by atoms with Crippen molar-refractivity contribution in [3.8, 4) is 44.8 Å². The minimum atomic E-state index is 0.250. The van der Waals surface area contributed by atoms with Gasteiger partial charge in [0.25, 0.3) is 0 Å². The summed E-state index contributed by atoms with van der Waals surface area (Å²) in [7, 11) is 0. The van der Waals surface area contributed by atoms with Crippen LogP contribution in [0, 0.1) is 0 Å². The lowest BCUT2D eigenvalue weighted by Gasteiger charge is -2.28. The van der Waals surface area contributed by atoms with Gasteiger partial charge in [0.2, 0.25) is 0 Å². The molecule has 66 heavy (non-hydrogen) atoms. The van der Waals surface area contributed by atoms with Crippen LogP contribution in [0.3, 0.4) is 0 Å². The summed E-state index contributed by atoms with van der Waals surface area (Å²) in [6, 6.07) is 76.7. The van der Waals surface area contributed by atoms with Crippen molar-refractivity contribution in [1.82, 2.24) is 9.13 Å². The van der Waals surface area contributed by atoms with Gasteiger partial charge in [-0.1, -0.05) is 133 Å². The molecule has 0 radical (unpaired) electrons. The van der Waals surface area contributed by atoms with E-state index in [1.807, 2.05) is 11.3 Å². The van der Waals surface area contributed by atoms with E-state index in [4.69, 9.17) is 0 Å². The van der Waals surface area contributed by atoms with Gasteiger partial charge in [-0.25, -0.2) is 0 Å². The molecule has 4 heterocycles. The van der Waals surface area contributed by atoms with Gasteiger partial charge in [0.15, 0.2) is 0 Å². The third-order valence-electron chi connectivity index (χ3n) is 14.1. The van der Waals surface area contributed by atoms with E-state index in [-0.39, 0.29) is 12.0 Å². The summed E-state index contributed by atoms with van der Waals surface area (Å²) in [6.45, 7) is 0. The number of hydrogen-bond acceptors (Lipinski definition) is 2. The first-order valence-corrected chi connectivity index (χ1v) is 23.7. The fraction of sp³-hybridized carbons (Fsp3) is 0.0323. The molecule has 9 aromatic carbocycles. The fourth-order valence-electron chi connectivity index (χ4n) is 11.1. The third-order valence-corrected chi connectivity index (χ3v) is 15.1. The van der Waals surface area contributed by atoms with Gasteiger partial charge >= 0.3 is 0 Å². The number of hydrogen-bond donors (Lipinski definition) is 0. The van der Waals surface area contributed by atoms with Gasteiger partial charge in [-0.15, -0.1) is 11.3 Å². The Bertz CT molecular complexity index is 3940. The maximum Gasteiger partial charge on any atom is 0.0629 e. The van der Waals surface area contributed by atoms with Crippen LogP contribution < -0.4 is 4.90 Å². The minimum Gasteiger partial charge on any atom is -0.333 e. The highest BCUT2D eigenvalue weighted by atomic mass is 32.1. The number of benzene rings is 9. The molecule has 0 saturated heterocycles. The molecule has 3 aromatic heterocycles. The van der Waals surface area contributed by atoms with Crippen molar-refractivity contribution in [2.75, 3.05) is 4.90 Å². The maximum absolute atomic E-state index is 2.50. The Morgan fingerprint density at radius 2 is 0.864 bits per heavy atom. The summed E-state index contributed by atoms with van der Waals surface area (Å²) < 4.78 is 6.16. The average molecular weight is 860 g/mol. The summed E-state index contributed by atoms with van der Waals surface area (Å²) in [6.07, 6.45) is 9.13. The van der Waals surface area contributed by atoms with Crippen LogP contribution in [0.2, 0.25) is 0 Å². The van der Waals surface area contributed by atoms with Gasteiger partial charge < -0.3 is 14.0 Å². The fourth-order valence-corrected chi connectivity index (χ4v) is 12.0. The minimum absolute atomic E-state index is 0.250. The van der Waals surface area contributed by atoms with Crippen LogP contribution in [0.5, 0.6) is 0 Å². The summed E-state index contributed by atoms with van der Waals surface area (Å²) in [5.41, 5.74) is 18.4. The highest BCUT2D eigenvalue weighted by Gasteiger charge is 2.37. The molecule has 0 spiro atoms. The Labute approximate surface area is 386 Å². The second kappa shape index (κ2) is 14.7. The summed E-state index contributed by atoms with van der Waals surface area (Å²) in [4.78, 5) is 2.50. The van der Waals surface area contributed by atoms with Crippen LogP contribution >= 0.6 is 11.3 Å². The maximum atomic E-state index is 2.50. The Kier molecular flexibility index (Phi) is 8.28. The molecule has 0 saturated carbocycles. The summed E-state index contributed by atoms with van der Waals surface area (Å²) in [5, 5.41) is 8.58. The number of aromatic nitrogens is 2. The average Bonchev–Trinajstić information content (AvgIpc) is 4.14. The van der Waals surface area contributed by atoms with Crippen molar-refractivity contribution in [1.29, 1.82) is 0 Å². The van der Waals surface area contributed by atoms with Crippen molar-refractivity contribution in [2.24, 2.45) is 0 Å². The molecule has 0 N–H and O–H groups in total. The lowest BCUT2D eigenvalue weighted by atomic mass is 9.89. The highest BCUT2D eigenvalue weighted by Crippen LogP contribution is 2.49. The van der Waals surface area contributed by atoms with Gasteiger partial charge in [0.1, 0.15) is 0 Å². The van der Waals surface area contributed by atoms with Gasteiger partial charge in [-0.05, 0) is 136 Å². The number of rotatable bonds is 6. The molecular weight excluding hydrogens is 819 g/mol. The molecule has 0 bridgehead atoms. The number of fused-ring (bicyclic) bond motifs is 10. The zero-order valence-electron chi connectivity index (χ0n) is 35.9. The molecule has 2 atom stereocenters. The number of anilines is 2. The van der Waals surface area contributed by atoms with Crippen molar-refractivity contribution < 1.29 is 0 Å². The molecule has 2 unspecified atom stereocenters. The first-order chi connectivity index (χ1) is 32.7. The van der Waals surface area contributed by atoms with E-state index in [9.17, 15) is 0 Å². The Morgan fingerprint density at radius 3 is 1.55 bits per heavy atom. The first kappa shape index (κ1) is 37.2. The smallest absolute Gasteiger partial charge is 0.0629 e. The topological polar surface area (TPSA) is 13.1 Å². The monoisotopic (exact) mass is 859 g/mol. The van der Waals surface area contributed by atoms with Crippen LogP contribution in [-0.4, -0.2) is 15.2 Å². The number of thiophene rings is 1. The van der Waals surface area contributed by atoms with Crippen LogP contribution in [-0.2, 0) is 0 Å². The van der Waals surface area contributed by atoms with Crippen molar-refractivity contribution in [2.45, 2.75) is 12.0 Å². The predicted molar refractivity (Wildman–Crippen MR) is 280 cm³/mol. The molecule has 1 aliphatic heterocycles. The van der Waals surface area contributed by atoms with Gasteiger partial charge in [0, 0.05) is 65.9 Å². The molecule has 1 aliphatic carbocycles. The zero-order valence-corrected chi connectivity index (χ0v) is 36.7. The van der Waals surface area contributed by atoms with Crippen molar-refractivity contribution in [3.05, 3.63) is 242 Å². The van der Waals surface area contributed by atoms with Gasteiger partial charge in [-0.3, -0.25) is 0 Å². The molecule has 12 aromatic rings. The molecular formula is C62H41N3S. The zero-order chi connectivity index (χ0) is 43.3. The lowest BCUT2D eigenvalue weighted by molar-refractivity contribution is 0.745. The van der Waals surface area contributed by atoms with E-state index in [0.29, 0.717) is 0 Å². The molecule has 0 fully saturated rings. The SMILES string of the molecule is C1=CC2c3cc(-c4ccc5c(c4)c4cc(-c6ccc7c(c6)c6ccccc6n7-c6ccccc6)ccc4n5-c4ccc(-c5csc6ccccc56)cc4)ccc3N(c3ccccc3)C2C=C1. The molecule has 3 nitrogen and oxygen atoms in total. The summed E-state index contributed by atoms with van der Waals surface area (Å²) in [5.74, 6) is 0.285. The molecule has 4 heteroatoms. The van der Waals surface area contributed by atoms with Crippen LogP contribution in [0.15, 0.2) is 236 Å². The Balaban J connectivity index is 0.933. The van der Waals surface area contributed by atoms with Crippen LogP contribution in [0.25, 0.3) is 98.5 Å². The normalized spacial score (nSPS) is 15.4.